The third-order valence-electron chi connectivity index (χ3n) is 15.3. The van der Waals surface area contributed by atoms with Gasteiger partial charge in [0.15, 0.2) is 0 Å². The molecular weight excluding hydrogens is 1080 g/mol. The molecule has 0 aliphatic carbocycles. The van der Waals surface area contributed by atoms with Crippen LogP contribution in [0.25, 0.3) is 0 Å². The monoisotopic (exact) mass is 1180 g/mol. The summed E-state index contributed by atoms with van der Waals surface area (Å²) in [4.78, 5) is 44.8. The molecular formula is C52H104Cl5N4Na4O8. The Hall–Kier alpha value is 3.17. The van der Waals surface area contributed by atoms with Gasteiger partial charge >= 0.3 is 53.4 Å². The molecule has 3 radical (unpaired) electrons. The van der Waals surface area contributed by atoms with Gasteiger partial charge in [0.1, 0.15) is 0 Å². The molecule has 0 aromatic rings. The van der Waals surface area contributed by atoms with Crippen LogP contribution < -0.4 is 113 Å². The van der Waals surface area contributed by atoms with Gasteiger partial charge in [-0.15, -0.1) is 0 Å². The molecule has 0 aromatic heterocycles. The van der Waals surface area contributed by atoms with E-state index in [0.717, 1.165) is 155 Å². The van der Waals surface area contributed by atoms with Crippen LogP contribution in [0.4, 0.5) is 0 Å². The number of halogens is 5. The molecule has 419 valence electrons. The van der Waals surface area contributed by atoms with Crippen molar-refractivity contribution in [2.24, 2.45) is 69.0 Å². The smallest absolute Gasteiger partial charge is 1.00 e. The van der Waals surface area contributed by atoms with E-state index in [1.807, 2.05) is 0 Å². The van der Waals surface area contributed by atoms with Crippen molar-refractivity contribution < 1.29 is 152 Å². The van der Waals surface area contributed by atoms with Gasteiger partial charge in [-0.1, -0.05) is 83.1 Å². The first-order valence-corrected chi connectivity index (χ1v) is 25.8. The number of nitrogens with two attached hydrogens (primary N) is 4. The molecule has 8 atom stereocenters. The molecule has 4 heterocycles. The molecule has 4 saturated heterocycles. The van der Waals surface area contributed by atoms with Gasteiger partial charge in [-0.3, -0.25) is 19.2 Å². The molecule has 21 heteroatoms. The van der Waals surface area contributed by atoms with Crippen molar-refractivity contribution in [3.05, 3.63) is 0 Å². The van der Waals surface area contributed by atoms with E-state index in [4.69, 9.17) is 0 Å². The van der Waals surface area contributed by atoms with Gasteiger partial charge in [-0.2, -0.15) is 0 Å². The average molecular weight is 1180 g/mol. The van der Waals surface area contributed by atoms with Gasteiger partial charge in [0.2, 0.25) is 0 Å². The fourth-order valence-electron chi connectivity index (χ4n) is 10.2. The minimum atomic E-state index is -0.601. The van der Waals surface area contributed by atoms with Gasteiger partial charge in [0, 0.05) is 88.7 Å². The van der Waals surface area contributed by atoms with Crippen LogP contribution in [0.5, 0.6) is 0 Å². The Bertz CT molecular complexity index is 1180. The third kappa shape index (κ3) is 44.4. The molecule has 0 bridgehead atoms. The number of carboxylic acid groups (broad SMARTS) is 4. The molecule has 0 amide bonds. The van der Waals surface area contributed by atoms with Gasteiger partial charge in [0.25, 0.3) is 0 Å². The Balaban J connectivity index is -0.000000103. The number of hydrogen-bond acceptors (Lipinski definition) is 4. The van der Waals surface area contributed by atoms with E-state index in [2.05, 4.69) is 104 Å². The molecule has 4 aliphatic rings. The van der Waals surface area contributed by atoms with E-state index < -0.39 is 23.9 Å². The second-order valence-electron chi connectivity index (χ2n) is 24.5. The van der Waals surface area contributed by atoms with Crippen LogP contribution in [0, 0.1) is 69.0 Å². The van der Waals surface area contributed by atoms with Gasteiger partial charge in [-0.05, 0) is 148 Å². The summed E-state index contributed by atoms with van der Waals surface area (Å²) >= 11 is 0. The van der Waals surface area contributed by atoms with Crippen LogP contribution in [-0.4, -0.2) is 185 Å². The summed E-state index contributed by atoms with van der Waals surface area (Å²) in [5.41, 5.74) is 0.912. The van der Waals surface area contributed by atoms with Crippen molar-refractivity contribution >= 4 is 113 Å². The number of carboxylic acids is 4. The van der Waals surface area contributed by atoms with Crippen molar-refractivity contribution in [2.45, 2.75) is 186 Å². The number of quaternary nitrogens is 4. The van der Waals surface area contributed by atoms with Crippen LogP contribution in [0.1, 0.15) is 186 Å². The standard InChI is InChI=1S/4C13H25NO2.5ClH.4Na/c4*1-13(2,3)11-6-8-14-7-4-5-10(9-11)12(15)16;;;;;;;;;/h4*10-11,14H,4-9H2,1-3H3,(H,15,16);5*1H;;;;/q;;;;;;;;;;;;+1/p-1/t4*10-,11+;;;;;;;;;/m1100........./s1. The largest absolute Gasteiger partial charge is 1.00 e. The Morgan fingerprint density at radius 2 is 0.466 bits per heavy atom. The maximum absolute atomic E-state index is 11.2. The van der Waals surface area contributed by atoms with Crippen LogP contribution in [0.15, 0.2) is 0 Å². The van der Waals surface area contributed by atoms with Crippen LogP contribution in [-0.2, 0) is 19.2 Å². The van der Waals surface area contributed by atoms with Gasteiger partial charge < -0.3 is 104 Å². The predicted octanol–water partition coefficient (Wildman–Crippen LogP) is -13.2. The first kappa shape index (κ1) is 95.4. The van der Waals surface area contributed by atoms with Crippen molar-refractivity contribution in [1.82, 2.24) is 0 Å². The molecule has 0 unspecified atom stereocenters. The number of hydrogen-bond donors (Lipinski definition) is 8. The molecule has 12 N–H and O–H groups in total. The van der Waals surface area contributed by atoms with Gasteiger partial charge in [-0.25, -0.2) is 0 Å². The summed E-state index contributed by atoms with van der Waals surface area (Å²) in [6, 6.07) is 0. The Morgan fingerprint density at radius 3 is 0.589 bits per heavy atom. The summed E-state index contributed by atoms with van der Waals surface area (Å²) in [5, 5.41) is 46.2. The molecule has 0 aromatic carbocycles. The molecule has 12 nitrogen and oxygen atoms in total. The molecule has 73 heavy (non-hydrogen) atoms. The summed E-state index contributed by atoms with van der Waals surface area (Å²) in [6.07, 6.45) is 15.5. The molecule has 4 rings (SSSR count). The number of aliphatic carboxylic acids is 4. The fraction of sp³-hybridized carbons (Fsp3) is 0.923. The van der Waals surface area contributed by atoms with E-state index in [-0.39, 0.29) is 226 Å². The maximum Gasteiger partial charge on any atom is 1.00 e. The molecule has 4 aliphatic heterocycles. The summed E-state index contributed by atoms with van der Waals surface area (Å²) in [7, 11) is 0. The second kappa shape index (κ2) is 49.8. The maximum atomic E-state index is 11.2. The van der Waals surface area contributed by atoms with E-state index in [0.29, 0.717) is 23.7 Å². The normalized spacial score (nSPS) is 25.4. The topological polar surface area (TPSA) is 216 Å². The van der Waals surface area contributed by atoms with Crippen molar-refractivity contribution in [3.63, 3.8) is 0 Å². The zero-order valence-electron chi connectivity index (χ0n) is 49.2. The first-order valence-electron chi connectivity index (χ1n) is 25.8. The fourth-order valence-corrected chi connectivity index (χ4v) is 10.2. The molecule has 0 saturated carbocycles. The summed E-state index contributed by atoms with van der Waals surface area (Å²) in [6.45, 7) is 35.7. The average Bonchev–Trinajstić information content (AvgIpc) is 3.52. The van der Waals surface area contributed by atoms with Crippen LogP contribution in [0.2, 0.25) is 0 Å². The predicted molar refractivity (Wildman–Crippen MR) is 274 cm³/mol. The Labute approximate surface area is 565 Å². The summed E-state index contributed by atoms with van der Waals surface area (Å²) in [5.74, 6) is -0.797. The zero-order valence-corrected chi connectivity index (χ0v) is 61.0. The second-order valence-corrected chi connectivity index (χ2v) is 24.5. The quantitative estimate of drug-likeness (QED) is 0.126. The van der Waals surface area contributed by atoms with Crippen LogP contribution >= 0.6 is 0 Å². The van der Waals surface area contributed by atoms with Crippen LogP contribution in [0.3, 0.4) is 0 Å². The minimum absolute atomic E-state index is 0. The zero-order chi connectivity index (χ0) is 48.7. The van der Waals surface area contributed by atoms with E-state index >= 15 is 0 Å². The van der Waals surface area contributed by atoms with Crippen molar-refractivity contribution in [2.75, 3.05) is 52.4 Å². The molecule has 0 spiro atoms. The Kier molecular flexibility index (Phi) is 65.0. The first-order chi connectivity index (χ1) is 29.6. The van der Waals surface area contributed by atoms with Gasteiger partial charge in [0.05, 0.1) is 76.0 Å². The number of carbonyl (C=O) groups is 4. The van der Waals surface area contributed by atoms with E-state index in [1.165, 1.54) is 0 Å². The summed E-state index contributed by atoms with van der Waals surface area (Å²) < 4.78 is 0. The van der Waals surface area contributed by atoms with E-state index in [1.54, 1.807) is 0 Å². The third-order valence-corrected chi connectivity index (χ3v) is 15.3. The number of rotatable bonds is 4. The van der Waals surface area contributed by atoms with Crippen molar-refractivity contribution in [1.29, 1.82) is 0 Å². The minimum Gasteiger partial charge on any atom is -1.00 e. The Morgan fingerprint density at radius 1 is 0.315 bits per heavy atom. The van der Waals surface area contributed by atoms with Crippen molar-refractivity contribution in [3.8, 4) is 0 Å². The molecule has 4 fully saturated rings. The van der Waals surface area contributed by atoms with E-state index in [9.17, 15) is 39.6 Å². The SMILES string of the molecule is CC(C)(C)[C@@H]1CC[NH2+]CCC[C@H](C(=O)O)C1.CC(C)(C)[C@@H]1CC[NH2+]CCC[C@H](C(=O)O)C1.CC(C)(C)[C@H]1CC[NH2+]CCC[C@@H](C(=O)O)C1.CC(C)(C)[C@H]1CC[NH2+]CCC[C@@H](C(=O)O)C1.[Cl-].[Cl-].[Cl-].[Cl-].[Cl-].[Na+].[Na].[Na].[Na].